The van der Waals surface area contributed by atoms with Crippen LogP contribution in [0.25, 0.3) is 0 Å². The van der Waals surface area contributed by atoms with Crippen molar-refractivity contribution in [2.75, 3.05) is 13.1 Å². The number of rotatable bonds is 4. The molecule has 0 radical (unpaired) electrons. The van der Waals surface area contributed by atoms with Gasteiger partial charge in [-0.25, -0.2) is 0 Å². The van der Waals surface area contributed by atoms with Crippen molar-refractivity contribution in [2.24, 2.45) is 5.92 Å². The zero-order valence-corrected chi connectivity index (χ0v) is 12.0. The van der Waals surface area contributed by atoms with Gasteiger partial charge in [-0.2, -0.15) is 11.3 Å². The number of hydrogen-bond donors (Lipinski definition) is 0. The van der Waals surface area contributed by atoms with Gasteiger partial charge in [0.15, 0.2) is 0 Å². The van der Waals surface area contributed by atoms with Gasteiger partial charge in [0.05, 0.1) is 5.92 Å². The summed E-state index contributed by atoms with van der Waals surface area (Å²) in [6.07, 6.45) is 5.40. The van der Waals surface area contributed by atoms with Gasteiger partial charge in [0, 0.05) is 19.6 Å². The second-order valence-electron chi connectivity index (χ2n) is 5.67. The van der Waals surface area contributed by atoms with Crippen LogP contribution in [-0.2, 0) is 16.1 Å². The van der Waals surface area contributed by atoms with Gasteiger partial charge in [-0.1, -0.05) is 6.42 Å². The van der Waals surface area contributed by atoms with E-state index >= 15 is 0 Å². The molecule has 1 aliphatic heterocycles. The van der Waals surface area contributed by atoms with Crippen LogP contribution in [-0.4, -0.2) is 30.1 Å². The lowest BCUT2D eigenvalue weighted by Crippen LogP contribution is -2.38. The highest BCUT2D eigenvalue weighted by Gasteiger charge is 2.30. The number of piperidine rings is 1. The van der Waals surface area contributed by atoms with E-state index in [1.54, 1.807) is 11.3 Å². The quantitative estimate of drug-likeness (QED) is 0.793. The molecule has 2 aliphatic rings. The summed E-state index contributed by atoms with van der Waals surface area (Å²) in [7, 11) is 0. The molecule has 0 amide bonds. The number of ether oxygens (including phenoxy) is 1. The number of likely N-dealkylation sites (tertiary alicyclic amines) is 1. The molecule has 2 fully saturated rings. The Morgan fingerprint density at radius 1 is 1.32 bits per heavy atom. The van der Waals surface area contributed by atoms with Crippen molar-refractivity contribution in [1.82, 2.24) is 4.90 Å². The highest BCUT2D eigenvalue weighted by Crippen LogP contribution is 2.29. The molecule has 3 rings (SSSR count). The van der Waals surface area contributed by atoms with Crippen LogP contribution < -0.4 is 0 Å². The van der Waals surface area contributed by atoms with E-state index < -0.39 is 0 Å². The van der Waals surface area contributed by atoms with Gasteiger partial charge in [-0.15, -0.1) is 0 Å². The van der Waals surface area contributed by atoms with Gasteiger partial charge in [0.25, 0.3) is 0 Å². The lowest BCUT2D eigenvalue weighted by Gasteiger charge is -2.33. The van der Waals surface area contributed by atoms with Crippen LogP contribution >= 0.6 is 11.3 Å². The Morgan fingerprint density at radius 2 is 2.11 bits per heavy atom. The summed E-state index contributed by atoms with van der Waals surface area (Å²) in [4.78, 5) is 14.3. The van der Waals surface area contributed by atoms with Gasteiger partial charge >= 0.3 is 5.97 Å². The standard InChI is InChI=1S/C15H21NO2S/c17-15(13-2-1-3-13)18-14-4-7-16(8-5-14)10-12-6-9-19-11-12/h6,9,11,13-14H,1-5,7-8,10H2. The zero-order chi connectivity index (χ0) is 13.1. The molecule has 0 bridgehead atoms. The van der Waals surface area contributed by atoms with E-state index in [0.717, 1.165) is 45.3 Å². The van der Waals surface area contributed by atoms with Crippen LogP contribution in [0.3, 0.4) is 0 Å². The third-order valence-electron chi connectivity index (χ3n) is 4.24. The summed E-state index contributed by atoms with van der Waals surface area (Å²) in [5.74, 6) is 0.270. The Bertz CT molecular complexity index is 406. The van der Waals surface area contributed by atoms with E-state index in [1.807, 2.05) is 0 Å². The van der Waals surface area contributed by atoms with Gasteiger partial charge in [0.2, 0.25) is 0 Å². The minimum Gasteiger partial charge on any atom is -0.462 e. The van der Waals surface area contributed by atoms with Crippen molar-refractivity contribution in [1.29, 1.82) is 0 Å². The Kier molecular flexibility index (Phi) is 4.18. The van der Waals surface area contributed by atoms with E-state index in [-0.39, 0.29) is 18.0 Å². The molecule has 2 heterocycles. The van der Waals surface area contributed by atoms with E-state index in [4.69, 9.17) is 4.74 Å². The molecule has 19 heavy (non-hydrogen) atoms. The first-order chi connectivity index (χ1) is 9.31. The fourth-order valence-electron chi connectivity index (χ4n) is 2.73. The second-order valence-corrected chi connectivity index (χ2v) is 6.45. The van der Waals surface area contributed by atoms with Crippen LogP contribution in [0, 0.1) is 5.92 Å². The predicted octanol–water partition coefficient (Wildman–Crippen LogP) is 3.06. The summed E-state index contributed by atoms with van der Waals surface area (Å²) in [5, 5.41) is 4.34. The Labute approximate surface area is 118 Å². The highest BCUT2D eigenvalue weighted by atomic mass is 32.1. The van der Waals surface area contributed by atoms with Gasteiger partial charge < -0.3 is 4.74 Å². The second kappa shape index (κ2) is 6.06. The molecule has 4 heteroatoms. The number of esters is 1. The predicted molar refractivity (Wildman–Crippen MR) is 76.1 cm³/mol. The van der Waals surface area contributed by atoms with Crippen molar-refractivity contribution in [3.05, 3.63) is 22.4 Å². The van der Waals surface area contributed by atoms with Gasteiger partial charge in [0.1, 0.15) is 6.10 Å². The third-order valence-corrected chi connectivity index (χ3v) is 4.97. The van der Waals surface area contributed by atoms with Crippen LogP contribution in [0.2, 0.25) is 0 Å². The molecular formula is C15H21NO2S. The highest BCUT2D eigenvalue weighted by molar-refractivity contribution is 7.07. The van der Waals surface area contributed by atoms with Crippen LogP contribution in [0.1, 0.15) is 37.7 Å². The summed E-state index contributed by atoms with van der Waals surface area (Å²) in [6.45, 7) is 3.11. The average Bonchev–Trinajstić information content (AvgIpc) is 2.82. The van der Waals surface area contributed by atoms with Crippen molar-refractivity contribution >= 4 is 17.3 Å². The Hall–Kier alpha value is -0.870. The molecule has 1 aromatic heterocycles. The largest absolute Gasteiger partial charge is 0.462 e. The number of thiophene rings is 1. The summed E-state index contributed by atoms with van der Waals surface area (Å²) >= 11 is 1.75. The van der Waals surface area contributed by atoms with Crippen LogP contribution in [0.15, 0.2) is 16.8 Å². The van der Waals surface area contributed by atoms with Crippen molar-refractivity contribution < 1.29 is 9.53 Å². The normalized spacial score (nSPS) is 22.1. The molecule has 0 N–H and O–H groups in total. The lowest BCUT2D eigenvalue weighted by molar-refractivity contribution is -0.159. The summed E-state index contributed by atoms with van der Waals surface area (Å²) in [5.41, 5.74) is 1.40. The van der Waals surface area contributed by atoms with Crippen molar-refractivity contribution in [3.63, 3.8) is 0 Å². The number of nitrogens with zero attached hydrogens (tertiary/aromatic N) is 1. The first-order valence-corrected chi connectivity index (χ1v) is 8.19. The van der Waals surface area contributed by atoms with Crippen LogP contribution in [0.4, 0.5) is 0 Å². The Balaban J connectivity index is 1.40. The lowest BCUT2D eigenvalue weighted by atomic mass is 9.85. The van der Waals surface area contributed by atoms with Gasteiger partial charge in [-0.3, -0.25) is 9.69 Å². The molecule has 0 spiro atoms. The third kappa shape index (κ3) is 3.37. The molecule has 1 saturated carbocycles. The first kappa shape index (κ1) is 13.1. The maximum absolute atomic E-state index is 11.8. The maximum Gasteiger partial charge on any atom is 0.309 e. The first-order valence-electron chi connectivity index (χ1n) is 7.25. The molecule has 104 valence electrons. The van der Waals surface area contributed by atoms with Crippen LogP contribution in [0.5, 0.6) is 0 Å². The van der Waals surface area contributed by atoms with Gasteiger partial charge in [-0.05, 0) is 48.1 Å². The molecule has 1 saturated heterocycles. The molecule has 0 aromatic carbocycles. The number of carbonyl (C=O) groups is 1. The van der Waals surface area contributed by atoms with Crippen molar-refractivity contribution in [3.8, 4) is 0 Å². The van der Waals surface area contributed by atoms with E-state index in [2.05, 4.69) is 21.7 Å². The minimum absolute atomic E-state index is 0.0579. The molecule has 0 unspecified atom stereocenters. The van der Waals surface area contributed by atoms with E-state index in [0.29, 0.717) is 0 Å². The SMILES string of the molecule is O=C(OC1CCN(Cc2ccsc2)CC1)C1CCC1. The average molecular weight is 279 g/mol. The van der Waals surface area contributed by atoms with Crippen molar-refractivity contribution in [2.45, 2.75) is 44.8 Å². The maximum atomic E-state index is 11.8. The number of carbonyl (C=O) groups excluding carboxylic acids is 1. The van der Waals surface area contributed by atoms with E-state index in [9.17, 15) is 4.79 Å². The zero-order valence-electron chi connectivity index (χ0n) is 11.2. The minimum atomic E-state index is 0.0579. The monoisotopic (exact) mass is 279 g/mol. The smallest absolute Gasteiger partial charge is 0.309 e. The molecule has 1 aromatic rings. The molecule has 0 atom stereocenters. The summed E-state index contributed by atoms with van der Waals surface area (Å²) < 4.78 is 5.62. The topological polar surface area (TPSA) is 29.5 Å². The van der Waals surface area contributed by atoms with E-state index in [1.165, 1.54) is 12.0 Å². The molecule has 3 nitrogen and oxygen atoms in total. The Morgan fingerprint density at radius 3 is 2.68 bits per heavy atom. The summed E-state index contributed by atoms with van der Waals surface area (Å²) in [6, 6.07) is 2.19. The number of hydrogen-bond acceptors (Lipinski definition) is 4. The fraction of sp³-hybridized carbons (Fsp3) is 0.667. The fourth-order valence-corrected chi connectivity index (χ4v) is 3.39. The molecule has 1 aliphatic carbocycles. The molecular weight excluding hydrogens is 258 g/mol.